The third-order valence-corrected chi connectivity index (χ3v) is 2.33. The quantitative estimate of drug-likeness (QED) is 0.899. The number of carbonyl (C=O) groups is 1. The molecular formula is C12H9FN2O3. The zero-order valence-electron chi connectivity index (χ0n) is 9.42. The van der Waals surface area contributed by atoms with Crippen molar-refractivity contribution < 1.29 is 19.0 Å². The van der Waals surface area contributed by atoms with Crippen molar-refractivity contribution in [3.05, 3.63) is 42.0 Å². The maximum absolute atomic E-state index is 13.1. The maximum Gasteiger partial charge on any atom is 0.336 e. The van der Waals surface area contributed by atoms with Gasteiger partial charge in [-0.2, -0.15) is 0 Å². The third kappa shape index (κ3) is 2.13. The molecule has 1 heterocycles. The Balaban J connectivity index is 2.67. The first-order valence-electron chi connectivity index (χ1n) is 5.01. The molecule has 0 atom stereocenters. The third-order valence-electron chi connectivity index (χ3n) is 2.33. The first-order chi connectivity index (χ1) is 8.63. The van der Waals surface area contributed by atoms with Gasteiger partial charge in [-0.15, -0.1) is 0 Å². The number of benzene rings is 1. The van der Waals surface area contributed by atoms with Gasteiger partial charge in [-0.3, -0.25) is 0 Å². The van der Waals surface area contributed by atoms with Gasteiger partial charge in [0.15, 0.2) is 0 Å². The van der Waals surface area contributed by atoms with E-state index in [1.54, 1.807) is 0 Å². The molecule has 18 heavy (non-hydrogen) atoms. The molecule has 0 spiro atoms. The molecule has 0 saturated heterocycles. The molecule has 0 aliphatic carbocycles. The van der Waals surface area contributed by atoms with E-state index < -0.39 is 11.8 Å². The van der Waals surface area contributed by atoms with E-state index >= 15 is 0 Å². The Morgan fingerprint density at radius 2 is 2.06 bits per heavy atom. The number of hydrogen-bond acceptors (Lipinski definition) is 4. The first-order valence-corrected chi connectivity index (χ1v) is 5.01. The Hall–Kier alpha value is -2.50. The summed E-state index contributed by atoms with van der Waals surface area (Å²) in [4.78, 5) is 19.0. The van der Waals surface area contributed by atoms with Crippen LogP contribution in [0.5, 0.6) is 5.88 Å². The average Bonchev–Trinajstić information content (AvgIpc) is 2.38. The van der Waals surface area contributed by atoms with Gasteiger partial charge in [-0.1, -0.05) is 0 Å². The van der Waals surface area contributed by atoms with E-state index in [4.69, 9.17) is 9.84 Å². The largest absolute Gasteiger partial charge is 0.479 e. The second kappa shape index (κ2) is 4.79. The second-order valence-corrected chi connectivity index (χ2v) is 3.41. The van der Waals surface area contributed by atoms with Crippen LogP contribution in [0.3, 0.4) is 0 Å². The van der Waals surface area contributed by atoms with Crippen molar-refractivity contribution in [3.63, 3.8) is 0 Å². The molecule has 5 nitrogen and oxygen atoms in total. The lowest BCUT2D eigenvalue weighted by Gasteiger charge is -2.08. The minimum Gasteiger partial charge on any atom is -0.479 e. The van der Waals surface area contributed by atoms with Crippen LogP contribution in [0.4, 0.5) is 4.39 Å². The summed E-state index contributed by atoms with van der Waals surface area (Å²) in [6.45, 7) is 0. The van der Waals surface area contributed by atoms with Crippen molar-refractivity contribution in [2.45, 2.75) is 0 Å². The van der Waals surface area contributed by atoms with Crippen LogP contribution in [0.1, 0.15) is 10.4 Å². The van der Waals surface area contributed by atoms with Gasteiger partial charge < -0.3 is 9.84 Å². The number of methoxy groups -OCH3 is 1. The summed E-state index contributed by atoms with van der Waals surface area (Å²) in [6, 6.07) is 3.44. The average molecular weight is 248 g/mol. The van der Waals surface area contributed by atoms with Gasteiger partial charge in [0.05, 0.1) is 12.7 Å². The lowest BCUT2D eigenvalue weighted by atomic mass is 10.0. The van der Waals surface area contributed by atoms with Crippen LogP contribution in [-0.4, -0.2) is 28.2 Å². The highest BCUT2D eigenvalue weighted by Gasteiger charge is 2.17. The topological polar surface area (TPSA) is 72.3 Å². The predicted octanol–water partition coefficient (Wildman–Crippen LogP) is 1.99. The predicted molar refractivity (Wildman–Crippen MR) is 60.9 cm³/mol. The van der Waals surface area contributed by atoms with Crippen molar-refractivity contribution in [1.82, 2.24) is 9.97 Å². The highest BCUT2D eigenvalue weighted by molar-refractivity contribution is 5.96. The van der Waals surface area contributed by atoms with Crippen molar-refractivity contribution in [2.75, 3.05) is 7.11 Å². The molecule has 2 rings (SSSR count). The van der Waals surface area contributed by atoms with E-state index in [9.17, 15) is 9.18 Å². The summed E-state index contributed by atoms with van der Waals surface area (Å²) in [6.07, 6.45) is 2.83. The Morgan fingerprint density at radius 1 is 1.33 bits per heavy atom. The first kappa shape index (κ1) is 12.0. The van der Waals surface area contributed by atoms with Crippen molar-refractivity contribution in [1.29, 1.82) is 0 Å². The smallest absolute Gasteiger partial charge is 0.336 e. The molecule has 1 N–H and O–H groups in total. The number of nitrogens with zero attached hydrogens (tertiary/aromatic N) is 2. The fourth-order valence-electron chi connectivity index (χ4n) is 1.56. The lowest BCUT2D eigenvalue weighted by molar-refractivity contribution is 0.0697. The van der Waals surface area contributed by atoms with E-state index in [1.165, 1.54) is 25.6 Å². The van der Waals surface area contributed by atoms with Gasteiger partial charge in [0, 0.05) is 18.0 Å². The Bertz CT molecular complexity index is 602. The Labute approximate surface area is 102 Å². The standard InChI is InChI=1S/C12H9FN2O3/c1-18-11-10(14-4-5-15-11)8-3-2-7(13)6-9(8)12(16)17/h2-6H,1H3,(H,16,17). The summed E-state index contributed by atoms with van der Waals surface area (Å²) < 4.78 is 18.1. The lowest BCUT2D eigenvalue weighted by Crippen LogP contribution is -2.03. The van der Waals surface area contributed by atoms with Gasteiger partial charge in [-0.25, -0.2) is 19.2 Å². The van der Waals surface area contributed by atoms with Crippen LogP contribution in [0.15, 0.2) is 30.6 Å². The molecule has 92 valence electrons. The Kier molecular flexibility index (Phi) is 3.18. The molecule has 1 aromatic carbocycles. The zero-order chi connectivity index (χ0) is 13.1. The van der Waals surface area contributed by atoms with E-state index in [0.717, 1.165) is 12.1 Å². The molecule has 2 aromatic rings. The molecule has 6 heteroatoms. The molecule has 0 fully saturated rings. The Morgan fingerprint density at radius 3 is 2.72 bits per heavy atom. The zero-order valence-corrected chi connectivity index (χ0v) is 9.42. The fraction of sp³-hybridized carbons (Fsp3) is 0.0833. The van der Waals surface area contributed by atoms with Gasteiger partial charge in [0.1, 0.15) is 11.5 Å². The molecule has 0 aliphatic heterocycles. The van der Waals surface area contributed by atoms with E-state index in [-0.39, 0.29) is 22.7 Å². The number of carboxylic acids is 1. The summed E-state index contributed by atoms with van der Waals surface area (Å²) in [7, 11) is 1.40. The number of aromatic nitrogens is 2. The van der Waals surface area contributed by atoms with Crippen LogP contribution in [0, 0.1) is 5.82 Å². The molecule has 0 radical (unpaired) electrons. The molecule has 0 unspecified atom stereocenters. The molecule has 0 aliphatic rings. The van der Waals surface area contributed by atoms with E-state index in [1.807, 2.05) is 0 Å². The second-order valence-electron chi connectivity index (χ2n) is 3.41. The van der Waals surface area contributed by atoms with Crippen LogP contribution in [0.2, 0.25) is 0 Å². The van der Waals surface area contributed by atoms with Crippen molar-refractivity contribution in [3.8, 4) is 17.1 Å². The van der Waals surface area contributed by atoms with Gasteiger partial charge in [0.25, 0.3) is 0 Å². The van der Waals surface area contributed by atoms with E-state index in [2.05, 4.69) is 9.97 Å². The summed E-state index contributed by atoms with van der Waals surface area (Å²) >= 11 is 0. The van der Waals surface area contributed by atoms with Crippen molar-refractivity contribution in [2.24, 2.45) is 0 Å². The molecule has 1 aromatic heterocycles. The number of halogens is 1. The fourth-order valence-corrected chi connectivity index (χ4v) is 1.56. The number of carboxylic acid groups (broad SMARTS) is 1. The van der Waals surface area contributed by atoms with Crippen LogP contribution < -0.4 is 4.74 Å². The highest BCUT2D eigenvalue weighted by Crippen LogP contribution is 2.28. The summed E-state index contributed by atoms with van der Waals surface area (Å²) in [5, 5.41) is 9.06. The number of hydrogen-bond donors (Lipinski definition) is 1. The molecule has 0 bridgehead atoms. The summed E-state index contributed by atoms with van der Waals surface area (Å²) in [5.74, 6) is -1.68. The SMILES string of the molecule is COc1nccnc1-c1ccc(F)cc1C(=O)O. The normalized spacial score (nSPS) is 10.1. The number of aromatic carboxylic acids is 1. The van der Waals surface area contributed by atoms with Crippen LogP contribution in [-0.2, 0) is 0 Å². The van der Waals surface area contributed by atoms with Gasteiger partial charge >= 0.3 is 5.97 Å². The molecule has 0 amide bonds. The highest BCUT2D eigenvalue weighted by atomic mass is 19.1. The van der Waals surface area contributed by atoms with Crippen molar-refractivity contribution >= 4 is 5.97 Å². The minimum atomic E-state index is -1.24. The monoisotopic (exact) mass is 248 g/mol. The van der Waals surface area contributed by atoms with Crippen LogP contribution >= 0.6 is 0 Å². The minimum absolute atomic E-state index is 0.186. The van der Waals surface area contributed by atoms with Gasteiger partial charge in [0.2, 0.25) is 5.88 Å². The summed E-state index contributed by atoms with van der Waals surface area (Å²) in [5.41, 5.74) is 0.333. The molecule has 0 saturated carbocycles. The number of rotatable bonds is 3. The van der Waals surface area contributed by atoms with E-state index in [0.29, 0.717) is 0 Å². The van der Waals surface area contributed by atoms with Gasteiger partial charge in [-0.05, 0) is 18.2 Å². The maximum atomic E-state index is 13.1. The van der Waals surface area contributed by atoms with Crippen LogP contribution in [0.25, 0.3) is 11.3 Å². The molecular weight excluding hydrogens is 239 g/mol. The number of ether oxygens (including phenoxy) is 1.